The van der Waals surface area contributed by atoms with Gasteiger partial charge in [0.15, 0.2) is 0 Å². The molecule has 0 spiro atoms. The number of fused-ring (bicyclic) bond motifs is 1. The fraction of sp³-hybridized carbons (Fsp3) is 0.300. The van der Waals surface area contributed by atoms with E-state index in [1.54, 1.807) is 25.3 Å². The highest BCUT2D eigenvalue weighted by molar-refractivity contribution is 5.93. The number of nitrogens with zero attached hydrogens (tertiary/aromatic N) is 3. The van der Waals surface area contributed by atoms with Crippen LogP contribution in [0, 0.1) is 0 Å². The number of carbonyl (C=O) groups is 1. The maximum absolute atomic E-state index is 13.1. The third kappa shape index (κ3) is 5.22. The van der Waals surface area contributed by atoms with Gasteiger partial charge in [0, 0.05) is 24.2 Å². The van der Waals surface area contributed by atoms with Gasteiger partial charge in [-0.1, -0.05) is 12.7 Å². The van der Waals surface area contributed by atoms with Crippen molar-refractivity contribution in [1.82, 2.24) is 9.55 Å². The second-order valence-corrected chi connectivity index (χ2v) is 7.49. The Balaban J connectivity index is 2.69. The summed E-state index contributed by atoms with van der Waals surface area (Å²) in [6.45, 7) is 11.0. The molecule has 0 saturated heterocycles. The molecule has 1 unspecified atom stereocenters. The molecule has 0 bridgehead atoms. The minimum atomic E-state index is -0.785. The third-order valence-electron chi connectivity index (χ3n) is 3.97. The molecule has 2 aromatic rings. The Morgan fingerprint density at radius 1 is 1.41 bits per heavy atom. The largest absolute Gasteiger partial charge is 0.402 e. The first kappa shape index (κ1) is 21.7. The number of rotatable bonds is 7. The molecule has 2 rings (SSSR count). The lowest BCUT2D eigenvalue weighted by Crippen LogP contribution is -2.33. The normalized spacial score (nSPS) is 13.4. The van der Waals surface area contributed by atoms with Crippen LogP contribution in [-0.4, -0.2) is 27.2 Å². The number of aliphatic imine (C=N–C) groups is 1. The van der Waals surface area contributed by atoms with Crippen molar-refractivity contribution >= 4 is 34.5 Å². The summed E-state index contributed by atoms with van der Waals surface area (Å²) in [4.78, 5) is 33.3. The summed E-state index contributed by atoms with van der Waals surface area (Å²) >= 11 is 0. The number of nitrogens with two attached hydrogens (primary N) is 2. The van der Waals surface area contributed by atoms with Crippen molar-refractivity contribution in [2.45, 2.75) is 39.3 Å². The van der Waals surface area contributed by atoms with Crippen LogP contribution in [0.3, 0.4) is 0 Å². The summed E-state index contributed by atoms with van der Waals surface area (Å²) < 4.78 is 1.30. The van der Waals surface area contributed by atoms with E-state index < -0.39 is 11.9 Å². The molecule has 0 aliphatic carbocycles. The predicted octanol–water partition coefficient (Wildman–Crippen LogP) is 2.08. The molecule has 1 atom stereocenters. The van der Waals surface area contributed by atoms with Crippen molar-refractivity contribution in [2.24, 2.45) is 16.5 Å². The summed E-state index contributed by atoms with van der Waals surface area (Å²) in [6.07, 6.45) is 5.86. The van der Waals surface area contributed by atoms with E-state index in [1.807, 2.05) is 20.8 Å². The second-order valence-electron chi connectivity index (χ2n) is 7.49. The van der Waals surface area contributed by atoms with Crippen LogP contribution in [0.4, 0.5) is 11.6 Å². The van der Waals surface area contributed by atoms with Crippen LogP contribution in [0.2, 0.25) is 0 Å². The zero-order valence-corrected chi connectivity index (χ0v) is 17.1. The van der Waals surface area contributed by atoms with Gasteiger partial charge in [-0.2, -0.15) is 0 Å². The van der Waals surface area contributed by atoms with Gasteiger partial charge < -0.3 is 26.7 Å². The van der Waals surface area contributed by atoms with E-state index in [-0.39, 0.29) is 11.1 Å². The van der Waals surface area contributed by atoms with Crippen LogP contribution in [-0.2, 0) is 4.79 Å². The first-order valence-electron chi connectivity index (χ1n) is 9.04. The first-order chi connectivity index (χ1) is 13.6. The van der Waals surface area contributed by atoms with Gasteiger partial charge in [0.25, 0.3) is 5.56 Å². The Labute approximate surface area is 169 Å². The summed E-state index contributed by atoms with van der Waals surface area (Å²) in [5.74, 6) is 0.592. The van der Waals surface area contributed by atoms with Gasteiger partial charge in [-0.15, -0.1) is 0 Å². The molecular weight excluding hydrogens is 370 g/mol. The molecule has 9 nitrogen and oxygen atoms in total. The molecule has 0 aliphatic rings. The van der Waals surface area contributed by atoms with E-state index in [1.165, 1.54) is 23.1 Å². The molecule has 0 radical (unpaired) electrons. The highest BCUT2D eigenvalue weighted by Gasteiger charge is 2.20. The summed E-state index contributed by atoms with van der Waals surface area (Å²) in [7, 11) is 0. The topological polar surface area (TPSA) is 140 Å². The first-order valence-corrected chi connectivity index (χ1v) is 9.04. The van der Waals surface area contributed by atoms with Crippen molar-refractivity contribution in [3.8, 4) is 0 Å². The molecule has 29 heavy (non-hydrogen) atoms. The van der Waals surface area contributed by atoms with Gasteiger partial charge >= 0.3 is 0 Å². The number of amides is 1. The minimum absolute atomic E-state index is 0.356. The van der Waals surface area contributed by atoms with E-state index in [0.717, 1.165) is 0 Å². The molecule has 2 aromatic heterocycles. The maximum atomic E-state index is 13.1. The molecule has 1 amide bonds. The summed E-state index contributed by atoms with van der Waals surface area (Å²) in [5, 5.41) is 7.25. The number of primary amides is 1. The molecule has 2 heterocycles. The van der Waals surface area contributed by atoms with E-state index in [4.69, 9.17) is 11.5 Å². The summed E-state index contributed by atoms with van der Waals surface area (Å²) in [6, 6.07) is 2.65. The number of hydrogen-bond acceptors (Lipinski definition) is 7. The Morgan fingerprint density at radius 2 is 2.10 bits per heavy atom. The zero-order valence-electron chi connectivity index (χ0n) is 17.1. The predicted molar refractivity (Wildman–Crippen MR) is 118 cm³/mol. The lowest BCUT2D eigenvalue weighted by molar-refractivity contribution is -0.120. The second kappa shape index (κ2) is 8.59. The number of aromatic nitrogens is 2. The number of nitrogens with one attached hydrogen (secondary N) is 2. The van der Waals surface area contributed by atoms with Crippen LogP contribution in [0.1, 0.15) is 33.7 Å². The average molecular weight is 397 g/mol. The zero-order chi connectivity index (χ0) is 21.8. The van der Waals surface area contributed by atoms with E-state index in [0.29, 0.717) is 28.2 Å². The van der Waals surface area contributed by atoms with E-state index >= 15 is 0 Å². The van der Waals surface area contributed by atoms with Gasteiger partial charge in [0.1, 0.15) is 23.5 Å². The molecule has 154 valence electrons. The SMILES string of the molecule is C=C/C=N\C(=C/N)Nc1cc2ccn(C(C)C(N)=O)c(=O)c2c(NC(C)(C)C)n1. The van der Waals surface area contributed by atoms with Crippen LogP contribution in [0.15, 0.2) is 52.8 Å². The number of hydrogen-bond donors (Lipinski definition) is 4. The van der Waals surface area contributed by atoms with Crippen molar-refractivity contribution < 1.29 is 4.79 Å². The number of carbonyl (C=O) groups excluding carboxylic acids is 1. The highest BCUT2D eigenvalue weighted by Crippen LogP contribution is 2.25. The van der Waals surface area contributed by atoms with Gasteiger partial charge in [-0.25, -0.2) is 9.98 Å². The third-order valence-corrected chi connectivity index (χ3v) is 3.97. The number of pyridine rings is 2. The smallest absolute Gasteiger partial charge is 0.262 e. The number of anilines is 2. The lowest BCUT2D eigenvalue weighted by Gasteiger charge is -2.23. The quantitative estimate of drug-likeness (QED) is 0.527. The van der Waals surface area contributed by atoms with Crippen molar-refractivity contribution in [1.29, 1.82) is 0 Å². The molecule has 0 fully saturated rings. The van der Waals surface area contributed by atoms with E-state index in [9.17, 15) is 9.59 Å². The van der Waals surface area contributed by atoms with Gasteiger partial charge in [-0.3, -0.25) is 9.59 Å². The Kier molecular flexibility index (Phi) is 6.42. The minimum Gasteiger partial charge on any atom is -0.402 e. The van der Waals surface area contributed by atoms with Crippen molar-refractivity contribution in [3.63, 3.8) is 0 Å². The molecule has 0 aliphatic heterocycles. The maximum Gasteiger partial charge on any atom is 0.262 e. The monoisotopic (exact) mass is 397 g/mol. The fourth-order valence-corrected chi connectivity index (χ4v) is 2.61. The molecule has 9 heteroatoms. The standard InChI is InChI=1S/C20H27N7O2/c1-6-8-23-15(11-21)24-14-10-13-7-9-27(12(2)17(22)28)19(29)16(13)18(25-14)26-20(3,4)5/h6-12H,1,21H2,2-5H3,(H2,22,28)(H2,24,25,26)/b15-11+,23-8-. The van der Waals surface area contributed by atoms with Crippen LogP contribution in [0.5, 0.6) is 0 Å². The van der Waals surface area contributed by atoms with Crippen LogP contribution >= 0.6 is 0 Å². The van der Waals surface area contributed by atoms with Crippen LogP contribution in [0.25, 0.3) is 10.8 Å². The Morgan fingerprint density at radius 3 is 2.66 bits per heavy atom. The van der Waals surface area contributed by atoms with Crippen molar-refractivity contribution in [3.05, 3.63) is 53.4 Å². The molecule has 0 aromatic carbocycles. The molecule has 6 N–H and O–H groups in total. The lowest BCUT2D eigenvalue weighted by atomic mass is 10.1. The van der Waals surface area contributed by atoms with Gasteiger partial charge in [0.05, 0.1) is 5.39 Å². The van der Waals surface area contributed by atoms with Gasteiger partial charge in [0.2, 0.25) is 5.91 Å². The summed E-state index contributed by atoms with van der Waals surface area (Å²) in [5.41, 5.74) is 10.3. The Hall–Kier alpha value is -3.62. The van der Waals surface area contributed by atoms with Crippen molar-refractivity contribution in [2.75, 3.05) is 10.6 Å². The highest BCUT2D eigenvalue weighted by atomic mass is 16.2. The van der Waals surface area contributed by atoms with E-state index in [2.05, 4.69) is 27.2 Å². The fourth-order valence-electron chi connectivity index (χ4n) is 2.61. The molecule has 0 saturated carbocycles. The Bertz CT molecular complexity index is 1050. The average Bonchev–Trinajstić information content (AvgIpc) is 2.63. The molecular formula is C20H27N7O2. The number of allylic oxidation sites excluding steroid dienone is 1. The van der Waals surface area contributed by atoms with Crippen LogP contribution < -0.4 is 27.7 Å². The van der Waals surface area contributed by atoms with Gasteiger partial charge in [-0.05, 0) is 45.2 Å².